The van der Waals surface area contributed by atoms with Crippen LogP contribution in [0.1, 0.15) is 58.0 Å². The predicted molar refractivity (Wildman–Crippen MR) is 144 cm³/mol. The summed E-state index contributed by atoms with van der Waals surface area (Å²) in [5.41, 5.74) is 3.46. The van der Waals surface area contributed by atoms with Gasteiger partial charge in [-0.2, -0.15) is 0 Å². The van der Waals surface area contributed by atoms with Gasteiger partial charge < -0.3 is 7.96 Å². The number of aldehydes is 1. The zero-order valence-electron chi connectivity index (χ0n) is 20.3. The van der Waals surface area contributed by atoms with Gasteiger partial charge in [0.15, 0.2) is 6.29 Å². The van der Waals surface area contributed by atoms with Gasteiger partial charge in [0.1, 0.15) is 11.6 Å². The van der Waals surface area contributed by atoms with E-state index in [1.54, 1.807) is 6.07 Å². The van der Waals surface area contributed by atoms with E-state index in [2.05, 4.69) is 60.9 Å². The summed E-state index contributed by atoms with van der Waals surface area (Å²) in [7, 11) is 0. The van der Waals surface area contributed by atoms with Crippen LogP contribution < -0.4 is 0 Å². The van der Waals surface area contributed by atoms with Crippen LogP contribution in [0.25, 0.3) is 0 Å². The number of alkyl halides is 1. The Balaban J connectivity index is -0.000000208. The van der Waals surface area contributed by atoms with Gasteiger partial charge in [-0.15, -0.1) is 13.2 Å². The largest absolute Gasteiger partial charge is 2.00 e. The molecule has 2 aromatic rings. The van der Waals surface area contributed by atoms with Crippen molar-refractivity contribution in [1.82, 2.24) is 0 Å². The first-order valence-electron chi connectivity index (χ1n) is 9.39. The number of benzene rings is 2. The summed E-state index contributed by atoms with van der Waals surface area (Å²) in [6, 6.07) is 8.23. The summed E-state index contributed by atoms with van der Waals surface area (Å²) in [4.78, 5) is 10.2. The Morgan fingerprint density at radius 3 is 1.91 bits per heavy atom. The molecule has 0 fully saturated rings. The van der Waals surface area contributed by atoms with E-state index in [-0.39, 0.29) is 37.5 Å². The van der Waals surface area contributed by atoms with Crippen LogP contribution >= 0.6 is 47.8 Å². The van der Waals surface area contributed by atoms with Crippen LogP contribution in [0.5, 0.6) is 0 Å². The topological polar surface area (TPSA) is 37.3 Å². The molecular weight excluding hydrogens is 622 g/mol. The fourth-order valence-corrected chi connectivity index (χ4v) is 3.81. The average Bonchev–Trinajstić information content (AvgIpc) is 2.67. The first-order valence-corrected chi connectivity index (χ1v) is 12.1. The summed E-state index contributed by atoms with van der Waals surface area (Å²) in [5, 5.41) is 10.9. The van der Waals surface area contributed by atoms with Gasteiger partial charge in [-0.25, -0.2) is 8.78 Å². The SMILES string of the molecule is C=C(C)CCBr.C=C(C)CCC(O)c1ccc(F)cc1Br.O=Cc1ccc(F)cc1Br.[H-].[H-].[Mg+2]. The number of rotatable bonds is 7. The molecular formula is C24H29Br3F2MgO2. The van der Waals surface area contributed by atoms with Crippen molar-refractivity contribution in [2.75, 3.05) is 5.33 Å². The molecule has 0 aliphatic heterocycles. The molecule has 2 aromatic carbocycles. The summed E-state index contributed by atoms with van der Waals surface area (Å²) in [5.74, 6) is -0.657. The molecule has 0 aliphatic carbocycles. The van der Waals surface area contributed by atoms with E-state index in [0.29, 0.717) is 27.2 Å². The number of aliphatic hydroxyl groups is 1. The minimum Gasteiger partial charge on any atom is -1.00 e. The molecule has 0 radical (unpaired) electrons. The summed E-state index contributed by atoms with van der Waals surface area (Å²) >= 11 is 9.56. The third-order valence-corrected chi connectivity index (χ3v) is 5.55. The molecule has 174 valence electrons. The Hall–Kier alpha value is -0.384. The van der Waals surface area contributed by atoms with Crippen molar-refractivity contribution in [2.24, 2.45) is 0 Å². The van der Waals surface area contributed by atoms with E-state index in [1.807, 2.05) is 13.8 Å². The van der Waals surface area contributed by atoms with Gasteiger partial charge in [0.2, 0.25) is 0 Å². The van der Waals surface area contributed by atoms with Crippen LogP contribution in [0.15, 0.2) is 69.6 Å². The Labute approximate surface area is 234 Å². The number of carbonyl (C=O) groups is 1. The summed E-state index contributed by atoms with van der Waals surface area (Å²) in [6.45, 7) is 11.4. The minimum atomic E-state index is -0.573. The van der Waals surface area contributed by atoms with E-state index < -0.39 is 6.10 Å². The van der Waals surface area contributed by atoms with E-state index in [4.69, 9.17) is 0 Å². The molecule has 8 heteroatoms. The molecule has 2 rings (SSSR count). The minimum absolute atomic E-state index is 0. The number of carbonyl (C=O) groups excluding carboxylic acids is 1. The third kappa shape index (κ3) is 15.5. The van der Waals surface area contributed by atoms with Crippen molar-refractivity contribution in [3.63, 3.8) is 0 Å². The van der Waals surface area contributed by atoms with Crippen molar-refractivity contribution in [2.45, 2.75) is 39.2 Å². The second kappa shape index (κ2) is 19.0. The molecule has 1 unspecified atom stereocenters. The van der Waals surface area contributed by atoms with E-state index in [0.717, 1.165) is 29.3 Å². The number of aliphatic hydroxyl groups excluding tert-OH is 1. The maximum Gasteiger partial charge on any atom is 2.00 e. The van der Waals surface area contributed by atoms with Crippen LogP contribution in [0.4, 0.5) is 8.78 Å². The third-order valence-electron chi connectivity index (χ3n) is 3.78. The molecule has 0 aliphatic rings. The number of halogens is 5. The van der Waals surface area contributed by atoms with E-state index >= 15 is 0 Å². The number of allylic oxidation sites excluding steroid dienone is 2. The number of hydrogen-bond donors (Lipinski definition) is 1. The van der Waals surface area contributed by atoms with Gasteiger partial charge in [0.05, 0.1) is 6.10 Å². The maximum atomic E-state index is 12.8. The summed E-state index contributed by atoms with van der Waals surface area (Å²) < 4.78 is 26.2. The van der Waals surface area contributed by atoms with Crippen LogP contribution in [-0.4, -0.2) is 39.8 Å². The monoisotopic (exact) mass is 648 g/mol. The molecule has 1 atom stereocenters. The predicted octanol–water partition coefficient (Wildman–Crippen LogP) is 8.57. The van der Waals surface area contributed by atoms with Gasteiger partial charge in [-0.1, -0.05) is 49.1 Å². The Morgan fingerprint density at radius 1 is 1.03 bits per heavy atom. The Kier molecular flexibility index (Phi) is 20.0. The van der Waals surface area contributed by atoms with Crippen molar-refractivity contribution < 1.29 is 21.5 Å². The van der Waals surface area contributed by atoms with Crippen LogP contribution in [-0.2, 0) is 0 Å². The molecule has 0 spiro atoms. The van der Waals surface area contributed by atoms with Gasteiger partial charge >= 0.3 is 23.1 Å². The smallest absolute Gasteiger partial charge is 1.00 e. The van der Waals surface area contributed by atoms with Crippen molar-refractivity contribution in [1.29, 1.82) is 0 Å². The van der Waals surface area contributed by atoms with Crippen molar-refractivity contribution >= 4 is 77.1 Å². The normalized spacial score (nSPS) is 10.4. The van der Waals surface area contributed by atoms with Gasteiger partial charge in [0.25, 0.3) is 0 Å². The van der Waals surface area contributed by atoms with Crippen LogP contribution in [0.3, 0.4) is 0 Å². The van der Waals surface area contributed by atoms with Gasteiger partial charge in [-0.05, 0) is 84.9 Å². The first kappa shape index (κ1) is 33.8. The van der Waals surface area contributed by atoms with Gasteiger partial charge in [0, 0.05) is 19.8 Å². The first-order chi connectivity index (χ1) is 14.5. The molecule has 0 saturated carbocycles. The van der Waals surface area contributed by atoms with Crippen LogP contribution in [0.2, 0.25) is 0 Å². The van der Waals surface area contributed by atoms with Crippen molar-refractivity contribution in [3.05, 3.63) is 92.4 Å². The Bertz CT molecular complexity index is 887. The number of hydrogen-bond acceptors (Lipinski definition) is 2. The fourth-order valence-electron chi connectivity index (χ4n) is 2.07. The Morgan fingerprint density at radius 2 is 1.53 bits per heavy atom. The molecule has 1 N–H and O–H groups in total. The molecule has 2 nitrogen and oxygen atoms in total. The van der Waals surface area contributed by atoms with E-state index in [1.165, 1.54) is 35.9 Å². The quantitative estimate of drug-likeness (QED) is 0.141. The van der Waals surface area contributed by atoms with Crippen molar-refractivity contribution in [3.8, 4) is 0 Å². The summed E-state index contributed by atoms with van der Waals surface area (Å²) in [6.07, 6.45) is 2.57. The zero-order valence-corrected chi connectivity index (χ0v) is 24.5. The molecule has 0 bridgehead atoms. The second-order valence-electron chi connectivity index (χ2n) is 6.86. The average molecular weight is 652 g/mol. The van der Waals surface area contributed by atoms with E-state index in [9.17, 15) is 18.7 Å². The zero-order chi connectivity index (χ0) is 24.0. The molecule has 0 aromatic heterocycles. The van der Waals surface area contributed by atoms with Crippen LogP contribution in [0, 0.1) is 11.6 Å². The molecule has 0 saturated heterocycles. The standard InChI is InChI=1S/C12H14BrFO.C7H4BrFO.C5H9Br.Mg.2H/c1-8(2)3-6-12(15)10-5-4-9(14)7-11(10)13;8-7-3-6(9)2-1-5(7)4-10;1-5(2)3-4-6;;;/h4-5,7,12,15H,1,3,6H2,2H3;1-4H;1,3-4H2,2H3;;;/q;;;+2;2*-1. The molecule has 0 heterocycles. The molecule has 0 amide bonds. The maximum absolute atomic E-state index is 12.8. The second-order valence-corrected chi connectivity index (χ2v) is 9.36. The fraction of sp³-hybridized carbons (Fsp3) is 0.292. The molecule has 32 heavy (non-hydrogen) atoms. The van der Waals surface area contributed by atoms with Gasteiger partial charge in [-0.3, -0.25) is 4.79 Å².